The molecule has 0 aromatic rings. The van der Waals surface area contributed by atoms with Gasteiger partial charge in [0.05, 0.1) is 12.2 Å². The summed E-state index contributed by atoms with van der Waals surface area (Å²) in [6.07, 6.45) is 4.60. The first kappa shape index (κ1) is 26.1. The van der Waals surface area contributed by atoms with Gasteiger partial charge in [0, 0.05) is 24.2 Å². The predicted molar refractivity (Wildman–Crippen MR) is 136 cm³/mol. The molecule has 8 nitrogen and oxygen atoms in total. The molecule has 0 aromatic carbocycles. The number of ether oxygens (including phenoxy) is 4. The SMILES string of the molecule is C=C(C)[C@]12C[C@@H](C)[C@@]34OC5(CCCCCCC[C@@H](C)C6[C@H](C)C(=O)[C@@](O)([C@H](O)[C@@]7(CO)O[C@H]7C3[C@@H]1O5)[C@@H]64)O2. The number of hydrogen-bond donors (Lipinski definition) is 3. The molecule has 4 saturated heterocycles. The first-order valence-electron chi connectivity index (χ1n) is 14.9. The quantitative estimate of drug-likeness (QED) is 0.367. The molecule has 7 rings (SSSR count). The van der Waals surface area contributed by atoms with E-state index >= 15 is 0 Å². The van der Waals surface area contributed by atoms with Crippen molar-refractivity contribution in [2.45, 2.75) is 126 Å². The molecule has 2 spiro atoms. The van der Waals surface area contributed by atoms with Gasteiger partial charge in [-0.25, -0.2) is 0 Å². The van der Waals surface area contributed by atoms with Gasteiger partial charge in [0.1, 0.15) is 29.5 Å². The van der Waals surface area contributed by atoms with E-state index < -0.39 is 71.0 Å². The van der Waals surface area contributed by atoms with Gasteiger partial charge < -0.3 is 34.3 Å². The summed E-state index contributed by atoms with van der Waals surface area (Å²) in [5.74, 6) is -3.48. The summed E-state index contributed by atoms with van der Waals surface area (Å²) in [6, 6.07) is 0. The Balaban J connectivity index is 1.51. The zero-order valence-corrected chi connectivity index (χ0v) is 23.2. The fourth-order valence-corrected chi connectivity index (χ4v) is 10.4. The van der Waals surface area contributed by atoms with Gasteiger partial charge in [-0.1, -0.05) is 59.5 Å². The minimum absolute atomic E-state index is 0.136. The molecule has 4 heterocycles. The molecule has 8 heteroatoms. The molecule has 0 amide bonds. The van der Waals surface area contributed by atoms with E-state index in [2.05, 4.69) is 20.4 Å². The molecular weight excluding hydrogens is 488 g/mol. The van der Waals surface area contributed by atoms with Gasteiger partial charge in [-0.3, -0.25) is 4.79 Å². The van der Waals surface area contributed by atoms with Crippen LogP contribution in [0.2, 0.25) is 0 Å². The van der Waals surface area contributed by atoms with Crippen LogP contribution in [0.3, 0.4) is 0 Å². The Kier molecular flexibility index (Phi) is 5.42. The van der Waals surface area contributed by atoms with E-state index in [1.54, 1.807) is 0 Å². The second-order valence-electron chi connectivity index (χ2n) is 14.0. The Morgan fingerprint density at radius 2 is 1.76 bits per heavy atom. The third-order valence-corrected chi connectivity index (χ3v) is 12.1. The van der Waals surface area contributed by atoms with E-state index in [0.29, 0.717) is 12.8 Å². The van der Waals surface area contributed by atoms with Crippen molar-refractivity contribution in [3.8, 4) is 0 Å². The summed E-state index contributed by atoms with van der Waals surface area (Å²) < 4.78 is 27.2. The number of aliphatic hydroxyl groups excluding tert-OH is 2. The van der Waals surface area contributed by atoms with E-state index in [0.717, 1.165) is 44.1 Å². The summed E-state index contributed by atoms with van der Waals surface area (Å²) in [7, 11) is 0. The lowest BCUT2D eigenvalue weighted by Gasteiger charge is -2.61. The average Bonchev–Trinajstić information content (AvgIpc) is 3.52. The van der Waals surface area contributed by atoms with Crippen LogP contribution in [0.5, 0.6) is 0 Å². The van der Waals surface area contributed by atoms with Crippen molar-refractivity contribution >= 4 is 5.78 Å². The van der Waals surface area contributed by atoms with Crippen molar-refractivity contribution in [2.75, 3.05) is 6.61 Å². The fourth-order valence-electron chi connectivity index (χ4n) is 10.4. The third kappa shape index (κ3) is 2.74. The molecule has 14 atom stereocenters. The van der Waals surface area contributed by atoms with Gasteiger partial charge in [-0.2, -0.15) is 0 Å². The first-order valence-corrected chi connectivity index (χ1v) is 14.9. The monoisotopic (exact) mass is 532 g/mol. The average molecular weight is 533 g/mol. The van der Waals surface area contributed by atoms with Crippen LogP contribution in [0.25, 0.3) is 0 Å². The molecule has 3 aliphatic carbocycles. The Labute approximate surface area is 225 Å². The lowest BCUT2D eigenvalue weighted by Crippen LogP contribution is -2.73. The highest BCUT2D eigenvalue weighted by atomic mass is 16.9. The first-order chi connectivity index (χ1) is 18.0. The second kappa shape index (κ2) is 7.90. The molecule has 3 saturated carbocycles. The van der Waals surface area contributed by atoms with E-state index in [4.69, 9.17) is 18.9 Å². The molecule has 38 heavy (non-hydrogen) atoms. The molecule has 0 radical (unpaired) electrons. The number of epoxide rings is 1. The van der Waals surface area contributed by atoms with Crippen LogP contribution in [-0.4, -0.2) is 74.4 Å². The largest absolute Gasteiger partial charge is 0.393 e. The smallest absolute Gasteiger partial charge is 0.284 e. The van der Waals surface area contributed by atoms with E-state index in [1.165, 1.54) is 0 Å². The minimum Gasteiger partial charge on any atom is -0.393 e. The highest BCUT2D eigenvalue weighted by Crippen LogP contribution is 2.74. The molecule has 3 bridgehead atoms. The summed E-state index contributed by atoms with van der Waals surface area (Å²) in [5.41, 5.74) is -4.56. The maximum Gasteiger partial charge on any atom is 0.284 e. The summed E-state index contributed by atoms with van der Waals surface area (Å²) in [4.78, 5) is 14.2. The highest BCUT2D eigenvalue weighted by Gasteiger charge is 2.89. The third-order valence-electron chi connectivity index (χ3n) is 12.1. The molecule has 4 aliphatic heterocycles. The van der Waals surface area contributed by atoms with Gasteiger partial charge in [-0.05, 0) is 43.1 Å². The molecule has 3 N–H and O–H groups in total. The number of ketones is 1. The highest BCUT2D eigenvalue weighted by molar-refractivity contribution is 5.93. The summed E-state index contributed by atoms with van der Waals surface area (Å²) in [5, 5.41) is 35.2. The maximum atomic E-state index is 14.2. The lowest BCUT2D eigenvalue weighted by atomic mass is 9.52. The van der Waals surface area contributed by atoms with Crippen LogP contribution in [-0.2, 0) is 23.7 Å². The summed E-state index contributed by atoms with van der Waals surface area (Å²) in [6.45, 7) is 12.0. The Hall–Kier alpha value is -0.870. The standard InChI is InChI=1S/C30H44O8/c1-15(2)26-13-17(4)30-20-23(26)36-28(37-26,38-30)12-10-8-6-7-9-11-16(3)19-18(5)22(32)29(34,21(19)30)25(33)27(14-31)24(20)35-27/h16-21,23-25,31,33-34H,1,6-14H2,2-5H3/t16-,17-,18+,19?,20?,21-,23+,24+,25-,26-,27+,28?,29-,30-/m1/s1. The van der Waals surface area contributed by atoms with Crippen molar-refractivity contribution in [3.05, 3.63) is 12.2 Å². The van der Waals surface area contributed by atoms with Crippen molar-refractivity contribution in [1.82, 2.24) is 0 Å². The Bertz CT molecular complexity index is 1060. The van der Waals surface area contributed by atoms with E-state index in [-0.39, 0.29) is 23.5 Å². The molecular formula is C30H44O8. The number of carbonyl (C=O) groups is 1. The number of hydrogen-bond acceptors (Lipinski definition) is 8. The van der Waals surface area contributed by atoms with Gasteiger partial charge >= 0.3 is 0 Å². The second-order valence-corrected chi connectivity index (χ2v) is 14.0. The fraction of sp³-hybridized carbons (Fsp3) is 0.900. The van der Waals surface area contributed by atoms with Crippen LogP contribution >= 0.6 is 0 Å². The maximum absolute atomic E-state index is 14.2. The Morgan fingerprint density at radius 1 is 1.05 bits per heavy atom. The number of fused-ring (bicyclic) bond motifs is 1. The van der Waals surface area contributed by atoms with Crippen LogP contribution < -0.4 is 0 Å². The van der Waals surface area contributed by atoms with Gasteiger partial charge in [0.2, 0.25) is 0 Å². The number of Topliss-reactive ketones (excluding diaryl/α,β-unsaturated/α-hetero) is 1. The van der Waals surface area contributed by atoms with Crippen molar-refractivity contribution in [1.29, 1.82) is 0 Å². The molecule has 3 unspecified atom stereocenters. The number of rotatable bonds is 2. The van der Waals surface area contributed by atoms with Gasteiger partial charge in [0.15, 0.2) is 11.4 Å². The van der Waals surface area contributed by atoms with Crippen molar-refractivity contribution in [2.24, 2.45) is 35.5 Å². The minimum atomic E-state index is -2.11. The predicted octanol–water partition coefficient (Wildman–Crippen LogP) is 2.86. The molecule has 7 fully saturated rings. The number of carbonyl (C=O) groups excluding carboxylic acids is 1. The molecule has 212 valence electrons. The van der Waals surface area contributed by atoms with Gasteiger partial charge in [0.25, 0.3) is 5.97 Å². The van der Waals surface area contributed by atoms with Gasteiger partial charge in [-0.15, -0.1) is 0 Å². The van der Waals surface area contributed by atoms with E-state index in [1.807, 2.05) is 13.8 Å². The molecule has 0 aromatic heterocycles. The van der Waals surface area contributed by atoms with E-state index in [9.17, 15) is 20.1 Å². The van der Waals surface area contributed by atoms with Crippen LogP contribution in [0.1, 0.15) is 79.1 Å². The topological polar surface area (TPSA) is 118 Å². The van der Waals surface area contributed by atoms with Crippen LogP contribution in [0, 0.1) is 35.5 Å². The summed E-state index contributed by atoms with van der Waals surface area (Å²) >= 11 is 0. The Morgan fingerprint density at radius 3 is 2.47 bits per heavy atom. The number of aliphatic hydroxyl groups is 3. The van der Waals surface area contributed by atoms with Crippen LogP contribution in [0.4, 0.5) is 0 Å². The lowest BCUT2D eigenvalue weighted by molar-refractivity contribution is -0.436. The molecule has 7 aliphatic rings. The van der Waals surface area contributed by atoms with Crippen molar-refractivity contribution in [3.63, 3.8) is 0 Å². The normalized spacial score (nSPS) is 60.8. The zero-order chi connectivity index (χ0) is 27.0. The van der Waals surface area contributed by atoms with Crippen LogP contribution in [0.15, 0.2) is 12.2 Å². The zero-order valence-electron chi connectivity index (χ0n) is 23.2. The van der Waals surface area contributed by atoms with Crippen molar-refractivity contribution < 1.29 is 39.1 Å².